The second-order valence-electron chi connectivity index (χ2n) is 9.84. The number of rotatable bonds is 8. The SMILES string of the molecule is COc1cc2c(cc1OC)N(O)CC=C2OC1=CC=C(NC(=O)C2(C(=O)Nc3ccc(F)cc3)CC2)CC1C. The number of benzene rings is 2. The van der Waals surface area contributed by atoms with Crippen LogP contribution in [0.2, 0.25) is 0 Å². The van der Waals surface area contributed by atoms with Crippen LogP contribution in [-0.4, -0.2) is 37.8 Å². The lowest BCUT2D eigenvalue weighted by Crippen LogP contribution is -2.40. The zero-order valence-corrected chi connectivity index (χ0v) is 21.9. The minimum absolute atomic E-state index is 0.0647. The van der Waals surface area contributed by atoms with Crippen molar-refractivity contribution in [2.45, 2.75) is 26.2 Å². The number of allylic oxidation sites excluding steroid dienone is 4. The van der Waals surface area contributed by atoms with Gasteiger partial charge in [-0.1, -0.05) is 6.92 Å². The summed E-state index contributed by atoms with van der Waals surface area (Å²) in [7, 11) is 3.07. The lowest BCUT2D eigenvalue weighted by Gasteiger charge is -2.29. The molecule has 2 aliphatic carbocycles. The van der Waals surface area contributed by atoms with Crippen molar-refractivity contribution in [3.8, 4) is 11.5 Å². The Balaban J connectivity index is 1.28. The van der Waals surface area contributed by atoms with Gasteiger partial charge in [-0.2, -0.15) is 0 Å². The molecule has 1 heterocycles. The lowest BCUT2D eigenvalue weighted by molar-refractivity contribution is -0.133. The highest BCUT2D eigenvalue weighted by molar-refractivity contribution is 6.13. The summed E-state index contributed by atoms with van der Waals surface area (Å²) in [4.78, 5) is 25.9. The molecular weight excluding hydrogens is 505 g/mol. The van der Waals surface area contributed by atoms with Crippen LogP contribution in [0.4, 0.5) is 15.8 Å². The van der Waals surface area contributed by atoms with E-state index in [1.54, 1.807) is 37.5 Å². The number of halogens is 1. The van der Waals surface area contributed by atoms with Crippen LogP contribution in [0.1, 0.15) is 31.7 Å². The molecule has 1 unspecified atom stereocenters. The molecular formula is C29H30FN3O6. The minimum atomic E-state index is -1.13. The van der Waals surface area contributed by atoms with Crippen LogP contribution in [0.5, 0.6) is 11.5 Å². The molecule has 9 nitrogen and oxygen atoms in total. The van der Waals surface area contributed by atoms with Gasteiger partial charge in [0.15, 0.2) is 11.5 Å². The van der Waals surface area contributed by atoms with Crippen LogP contribution < -0.4 is 25.2 Å². The van der Waals surface area contributed by atoms with Crippen molar-refractivity contribution in [2.75, 3.05) is 31.1 Å². The highest BCUT2D eigenvalue weighted by Crippen LogP contribution is 2.47. The topological polar surface area (TPSA) is 109 Å². The Kier molecular flexibility index (Phi) is 7.05. The molecule has 2 aromatic rings. The van der Waals surface area contributed by atoms with Crippen LogP contribution >= 0.6 is 0 Å². The predicted octanol–water partition coefficient (Wildman–Crippen LogP) is 4.75. The number of ether oxygens (including phenoxy) is 3. The molecule has 1 aliphatic heterocycles. The van der Waals surface area contributed by atoms with E-state index in [2.05, 4.69) is 10.6 Å². The first-order valence-corrected chi connectivity index (χ1v) is 12.6. The van der Waals surface area contributed by atoms with Crippen molar-refractivity contribution in [1.82, 2.24) is 5.32 Å². The van der Waals surface area contributed by atoms with Crippen LogP contribution in [0, 0.1) is 17.2 Å². The van der Waals surface area contributed by atoms with Gasteiger partial charge in [0.05, 0.1) is 26.5 Å². The van der Waals surface area contributed by atoms with Crippen molar-refractivity contribution in [1.29, 1.82) is 0 Å². The van der Waals surface area contributed by atoms with Gasteiger partial charge < -0.3 is 24.8 Å². The molecule has 1 atom stereocenters. The number of carbonyl (C=O) groups excluding carboxylic acids is 2. The van der Waals surface area contributed by atoms with E-state index in [-0.39, 0.29) is 18.4 Å². The lowest BCUT2D eigenvalue weighted by atomic mass is 9.96. The zero-order valence-electron chi connectivity index (χ0n) is 21.9. The minimum Gasteiger partial charge on any atom is -0.493 e. The molecule has 39 heavy (non-hydrogen) atoms. The number of nitrogens with zero attached hydrogens (tertiary/aromatic N) is 1. The number of nitrogens with one attached hydrogen (secondary N) is 2. The third-order valence-corrected chi connectivity index (χ3v) is 7.18. The summed E-state index contributed by atoms with van der Waals surface area (Å²) in [6, 6.07) is 8.88. The van der Waals surface area contributed by atoms with E-state index >= 15 is 0 Å². The molecule has 204 valence electrons. The molecule has 0 radical (unpaired) electrons. The summed E-state index contributed by atoms with van der Waals surface area (Å²) < 4.78 is 30.2. The number of methoxy groups -OCH3 is 2. The quantitative estimate of drug-likeness (QED) is 0.419. The monoisotopic (exact) mass is 535 g/mol. The number of hydrogen-bond acceptors (Lipinski definition) is 7. The highest BCUT2D eigenvalue weighted by Gasteiger charge is 2.56. The summed E-state index contributed by atoms with van der Waals surface area (Å²) in [6.07, 6.45) is 6.75. The smallest absolute Gasteiger partial charge is 0.240 e. The fourth-order valence-electron chi connectivity index (χ4n) is 4.68. The van der Waals surface area contributed by atoms with E-state index in [1.165, 1.54) is 31.4 Å². The number of amides is 2. The molecule has 10 heteroatoms. The second kappa shape index (κ2) is 10.5. The first-order chi connectivity index (χ1) is 18.7. The second-order valence-corrected chi connectivity index (χ2v) is 9.84. The number of carbonyl (C=O) groups is 2. The number of anilines is 2. The van der Waals surface area contributed by atoms with Gasteiger partial charge in [-0.3, -0.25) is 19.9 Å². The summed E-state index contributed by atoms with van der Waals surface area (Å²) in [5.74, 6) is 1.05. The van der Waals surface area contributed by atoms with Gasteiger partial charge in [-0.25, -0.2) is 4.39 Å². The van der Waals surface area contributed by atoms with E-state index in [0.717, 1.165) is 5.06 Å². The average molecular weight is 536 g/mol. The molecule has 0 saturated heterocycles. The van der Waals surface area contributed by atoms with E-state index in [4.69, 9.17) is 14.2 Å². The first kappa shape index (κ1) is 26.3. The maximum atomic E-state index is 13.2. The Morgan fingerprint density at radius 2 is 1.69 bits per heavy atom. The Morgan fingerprint density at radius 3 is 2.33 bits per heavy atom. The van der Waals surface area contributed by atoms with E-state index in [9.17, 15) is 19.2 Å². The molecule has 2 amide bonds. The van der Waals surface area contributed by atoms with E-state index in [1.807, 2.05) is 6.92 Å². The fourth-order valence-corrected chi connectivity index (χ4v) is 4.68. The molecule has 0 aromatic heterocycles. The molecule has 3 N–H and O–H groups in total. The van der Waals surface area contributed by atoms with Gasteiger partial charge >= 0.3 is 0 Å². The highest BCUT2D eigenvalue weighted by atomic mass is 19.1. The number of hydrogen-bond donors (Lipinski definition) is 3. The normalized spacial score (nSPS) is 19.1. The molecule has 0 bridgehead atoms. The van der Waals surface area contributed by atoms with Crippen molar-refractivity contribution < 1.29 is 33.4 Å². The average Bonchev–Trinajstić information content (AvgIpc) is 3.75. The molecule has 0 spiro atoms. The summed E-state index contributed by atoms with van der Waals surface area (Å²) in [5.41, 5.74) is 1.18. The first-order valence-electron chi connectivity index (χ1n) is 12.6. The Bertz CT molecular complexity index is 1390. The molecule has 5 rings (SSSR count). The summed E-state index contributed by atoms with van der Waals surface area (Å²) in [6.45, 7) is 2.22. The standard InChI is InChI=1S/C29H30FN3O6/c1-17-14-20(32-28(35)29(11-12-29)27(34)31-19-6-4-18(30)5-7-19)8-9-23(17)39-24-10-13-33(36)22-16-26(38-3)25(37-2)15-21(22)24/h4-10,15-17,36H,11-14H2,1-3H3,(H,31,34)(H,32,35). The molecule has 2 aromatic carbocycles. The predicted molar refractivity (Wildman–Crippen MR) is 143 cm³/mol. The van der Waals surface area contributed by atoms with Gasteiger partial charge in [0.1, 0.15) is 22.8 Å². The molecule has 1 fully saturated rings. The van der Waals surface area contributed by atoms with Gasteiger partial charge in [0, 0.05) is 28.9 Å². The third-order valence-electron chi connectivity index (χ3n) is 7.18. The zero-order chi connectivity index (χ0) is 27.7. The van der Waals surface area contributed by atoms with Crippen molar-refractivity contribution >= 4 is 28.9 Å². The van der Waals surface area contributed by atoms with Crippen molar-refractivity contribution in [2.24, 2.45) is 11.3 Å². The number of hydroxylamine groups is 1. The fraction of sp³-hybridized carbons (Fsp3) is 0.310. The maximum Gasteiger partial charge on any atom is 0.240 e. The van der Waals surface area contributed by atoms with Crippen LogP contribution in [-0.2, 0) is 14.3 Å². The van der Waals surface area contributed by atoms with Crippen LogP contribution in [0.3, 0.4) is 0 Å². The van der Waals surface area contributed by atoms with Crippen molar-refractivity contribution in [3.05, 3.63) is 77.5 Å². The van der Waals surface area contributed by atoms with E-state index < -0.39 is 17.1 Å². The Labute approximate surface area is 225 Å². The van der Waals surface area contributed by atoms with Crippen molar-refractivity contribution in [3.63, 3.8) is 0 Å². The van der Waals surface area contributed by atoms with Crippen LogP contribution in [0.15, 0.2) is 66.1 Å². The van der Waals surface area contributed by atoms with Gasteiger partial charge in [0.2, 0.25) is 11.8 Å². The Morgan fingerprint density at radius 1 is 1.03 bits per heavy atom. The maximum absolute atomic E-state index is 13.2. The summed E-state index contributed by atoms with van der Waals surface area (Å²) in [5, 5.41) is 17.1. The summed E-state index contributed by atoms with van der Waals surface area (Å²) >= 11 is 0. The third kappa shape index (κ3) is 5.20. The number of fused-ring (bicyclic) bond motifs is 1. The van der Waals surface area contributed by atoms with Gasteiger partial charge in [0.25, 0.3) is 0 Å². The molecule has 1 saturated carbocycles. The van der Waals surface area contributed by atoms with Crippen LogP contribution in [0.25, 0.3) is 5.76 Å². The van der Waals surface area contributed by atoms with Gasteiger partial charge in [-0.05, 0) is 67.8 Å². The largest absolute Gasteiger partial charge is 0.493 e. The Hall–Kier alpha value is -4.31. The molecule has 3 aliphatic rings. The van der Waals surface area contributed by atoms with Gasteiger partial charge in [-0.15, -0.1) is 0 Å². The van der Waals surface area contributed by atoms with E-state index in [0.29, 0.717) is 64.9 Å².